The predicted octanol–water partition coefficient (Wildman–Crippen LogP) is 3.13. The second kappa shape index (κ2) is 8.83. The quantitative estimate of drug-likeness (QED) is 0.533. The smallest absolute Gasteiger partial charge is 0.354 e. The predicted molar refractivity (Wildman–Crippen MR) is 97.0 cm³/mol. The third-order valence-electron chi connectivity index (χ3n) is 4.64. The van der Waals surface area contributed by atoms with E-state index < -0.39 is 12.0 Å². The molecular weight excluding hydrogens is 320 g/mol. The first kappa shape index (κ1) is 20.9. The molecule has 0 aliphatic carbocycles. The minimum atomic E-state index is -0.567. The van der Waals surface area contributed by atoms with E-state index in [1.54, 1.807) is 30.2 Å². The molecule has 6 heteroatoms. The summed E-state index contributed by atoms with van der Waals surface area (Å²) < 4.78 is 6.67. The summed E-state index contributed by atoms with van der Waals surface area (Å²) in [7, 11) is 1.33. The van der Waals surface area contributed by atoms with E-state index >= 15 is 0 Å². The van der Waals surface area contributed by atoms with E-state index in [0.717, 1.165) is 12.1 Å². The molecule has 140 valence electrons. The molecule has 0 saturated carbocycles. The van der Waals surface area contributed by atoms with Crippen LogP contribution in [0.1, 0.15) is 72.6 Å². The van der Waals surface area contributed by atoms with E-state index in [0.29, 0.717) is 36.3 Å². The van der Waals surface area contributed by atoms with Crippen molar-refractivity contribution in [2.75, 3.05) is 13.7 Å². The lowest BCUT2D eigenvalue weighted by Crippen LogP contribution is -2.43. The van der Waals surface area contributed by atoms with Crippen molar-refractivity contribution in [3.8, 4) is 0 Å². The lowest BCUT2D eigenvalue weighted by Gasteiger charge is -2.28. The molecule has 0 radical (unpaired) electrons. The number of carbonyl (C=O) groups is 3. The Balaban J connectivity index is 3.40. The molecule has 1 rings (SSSR count). The number of hydrogen-bond donors (Lipinski definition) is 0. The van der Waals surface area contributed by atoms with Gasteiger partial charge in [0.2, 0.25) is 5.91 Å². The summed E-state index contributed by atoms with van der Waals surface area (Å²) in [6.07, 6.45) is 1.14. The normalized spacial score (nSPS) is 12.0. The van der Waals surface area contributed by atoms with Gasteiger partial charge in [0, 0.05) is 30.8 Å². The van der Waals surface area contributed by atoms with Crippen LogP contribution in [0, 0.1) is 13.8 Å². The third kappa shape index (κ3) is 3.94. The Kier molecular flexibility index (Phi) is 7.39. The standard InChI is InChI=1S/C19H30N2O4/c1-8-11-21(15(22)9-2)14(6)18(23)16-12(4)17(19(24)25-7)20(10-3)13(16)5/h14H,8-11H2,1-7H3. The van der Waals surface area contributed by atoms with Gasteiger partial charge in [-0.25, -0.2) is 4.79 Å². The third-order valence-corrected chi connectivity index (χ3v) is 4.64. The SMILES string of the molecule is CCCN(C(=O)CC)C(C)C(=O)c1c(C)c(C(=O)OC)n(CC)c1C. The van der Waals surface area contributed by atoms with Crippen molar-refractivity contribution in [2.45, 2.75) is 67.0 Å². The lowest BCUT2D eigenvalue weighted by molar-refractivity contribution is -0.132. The minimum Gasteiger partial charge on any atom is -0.464 e. The van der Waals surface area contributed by atoms with E-state index in [1.807, 2.05) is 20.8 Å². The molecule has 0 N–H and O–H groups in total. The van der Waals surface area contributed by atoms with Crippen LogP contribution in [0.5, 0.6) is 0 Å². The summed E-state index contributed by atoms with van der Waals surface area (Å²) >= 11 is 0. The zero-order valence-corrected chi connectivity index (χ0v) is 16.4. The van der Waals surface area contributed by atoms with Crippen LogP contribution in [-0.2, 0) is 16.1 Å². The second-order valence-corrected chi connectivity index (χ2v) is 6.15. The second-order valence-electron chi connectivity index (χ2n) is 6.15. The first-order valence-electron chi connectivity index (χ1n) is 8.88. The van der Waals surface area contributed by atoms with E-state index in [4.69, 9.17) is 4.74 Å². The molecular formula is C19H30N2O4. The fourth-order valence-electron chi connectivity index (χ4n) is 3.34. The summed E-state index contributed by atoms with van der Waals surface area (Å²) in [5.41, 5.74) is 2.27. The number of ketones is 1. The van der Waals surface area contributed by atoms with Gasteiger partial charge in [-0.15, -0.1) is 0 Å². The van der Waals surface area contributed by atoms with Gasteiger partial charge < -0.3 is 14.2 Å². The molecule has 1 amide bonds. The number of carbonyl (C=O) groups excluding carboxylic acids is 3. The number of amides is 1. The van der Waals surface area contributed by atoms with Gasteiger partial charge in [-0.1, -0.05) is 13.8 Å². The number of aromatic nitrogens is 1. The summed E-state index contributed by atoms with van der Waals surface area (Å²) in [6.45, 7) is 12.1. The summed E-state index contributed by atoms with van der Waals surface area (Å²) in [6, 6.07) is -0.567. The van der Waals surface area contributed by atoms with E-state index in [2.05, 4.69) is 0 Å². The van der Waals surface area contributed by atoms with E-state index in [1.165, 1.54) is 7.11 Å². The Morgan fingerprint density at radius 1 is 1.16 bits per heavy atom. The molecule has 0 saturated heterocycles. The Bertz CT molecular complexity index is 661. The average Bonchev–Trinajstić information content (AvgIpc) is 2.86. The molecule has 1 aromatic rings. The molecule has 0 fully saturated rings. The van der Waals surface area contributed by atoms with Crippen molar-refractivity contribution in [2.24, 2.45) is 0 Å². The zero-order valence-electron chi connectivity index (χ0n) is 16.4. The highest BCUT2D eigenvalue weighted by Gasteiger charge is 2.32. The van der Waals surface area contributed by atoms with Crippen LogP contribution in [0.15, 0.2) is 0 Å². The van der Waals surface area contributed by atoms with Crippen LogP contribution in [0.25, 0.3) is 0 Å². The van der Waals surface area contributed by atoms with Crippen molar-refractivity contribution in [3.63, 3.8) is 0 Å². The fraction of sp³-hybridized carbons (Fsp3) is 0.632. The van der Waals surface area contributed by atoms with Crippen molar-refractivity contribution >= 4 is 17.7 Å². The van der Waals surface area contributed by atoms with Crippen molar-refractivity contribution < 1.29 is 19.1 Å². The van der Waals surface area contributed by atoms with Gasteiger partial charge in [-0.3, -0.25) is 9.59 Å². The maximum atomic E-state index is 13.2. The van der Waals surface area contributed by atoms with Crippen LogP contribution in [0.3, 0.4) is 0 Å². The van der Waals surface area contributed by atoms with Gasteiger partial charge in [-0.2, -0.15) is 0 Å². The molecule has 6 nitrogen and oxygen atoms in total. The Morgan fingerprint density at radius 3 is 2.20 bits per heavy atom. The summed E-state index contributed by atoms with van der Waals surface area (Å²) in [5.74, 6) is -0.632. The van der Waals surface area contributed by atoms with Gasteiger partial charge in [0.05, 0.1) is 13.2 Å². The van der Waals surface area contributed by atoms with Crippen molar-refractivity contribution in [1.29, 1.82) is 0 Å². The van der Waals surface area contributed by atoms with Crippen molar-refractivity contribution in [1.82, 2.24) is 9.47 Å². The van der Waals surface area contributed by atoms with Gasteiger partial charge in [0.1, 0.15) is 5.69 Å². The molecule has 0 bridgehead atoms. The maximum absolute atomic E-state index is 13.2. The van der Waals surface area contributed by atoms with Gasteiger partial charge in [-0.05, 0) is 39.7 Å². The highest BCUT2D eigenvalue weighted by atomic mass is 16.5. The van der Waals surface area contributed by atoms with E-state index in [9.17, 15) is 14.4 Å². The Labute approximate surface area is 150 Å². The number of hydrogen-bond acceptors (Lipinski definition) is 4. The van der Waals surface area contributed by atoms with Crippen LogP contribution in [-0.4, -0.2) is 46.8 Å². The Hall–Kier alpha value is -2.11. The number of nitrogens with zero attached hydrogens (tertiary/aromatic N) is 2. The molecule has 25 heavy (non-hydrogen) atoms. The maximum Gasteiger partial charge on any atom is 0.354 e. The number of esters is 1. The molecule has 1 heterocycles. The number of methoxy groups -OCH3 is 1. The Morgan fingerprint density at radius 2 is 1.76 bits per heavy atom. The molecule has 1 aromatic heterocycles. The highest BCUT2D eigenvalue weighted by molar-refractivity contribution is 6.06. The van der Waals surface area contributed by atoms with Crippen LogP contribution < -0.4 is 0 Å². The van der Waals surface area contributed by atoms with Gasteiger partial charge >= 0.3 is 5.97 Å². The zero-order chi connectivity index (χ0) is 19.3. The molecule has 0 aliphatic rings. The van der Waals surface area contributed by atoms with Crippen molar-refractivity contribution in [3.05, 3.63) is 22.5 Å². The van der Waals surface area contributed by atoms with Crippen LogP contribution in [0.4, 0.5) is 0 Å². The highest BCUT2D eigenvalue weighted by Crippen LogP contribution is 2.25. The molecule has 0 spiro atoms. The number of Topliss-reactive ketones (excluding diaryl/α,β-unsaturated/α-hetero) is 1. The monoisotopic (exact) mass is 350 g/mol. The number of ether oxygens (including phenoxy) is 1. The molecule has 0 aliphatic heterocycles. The number of rotatable bonds is 8. The topological polar surface area (TPSA) is 68.6 Å². The van der Waals surface area contributed by atoms with E-state index in [-0.39, 0.29) is 11.7 Å². The van der Waals surface area contributed by atoms with Crippen LogP contribution >= 0.6 is 0 Å². The molecule has 1 unspecified atom stereocenters. The fourth-order valence-corrected chi connectivity index (χ4v) is 3.34. The minimum absolute atomic E-state index is 0.0406. The summed E-state index contributed by atoms with van der Waals surface area (Å²) in [4.78, 5) is 39.2. The molecule has 0 aromatic carbocycles. The first-order chi connectivity index (χ1) is 11.8. The van der Waals surface area contributed by atoms with Gasteiger partial charge in [0.25, 0.3) is 0 Å². The molecule has 1 atom stereocenters. The average molecular weight is 350 g/mol. The largest absolute Gasteiger partial charge is 0.464 e. The first-order valence-corrected chi connectivity index (χ1v) is 8.88. The lowest BCUT2D eigenvalue weighted by atomic mass is 9.99. The van der Waals surface area contributed by atoms with Crippen LogP contribution in [0.2, 0.25) is 0 Å². The van der Waals surface area contributed by atoms with Gasteiger partial charge in [0.15, 0.2) is 5.78 Å². The summed E-state index contributed by atoms with van der Waals surface area (Å²) in [5, 5.41) is 0.